The summed E-state index contributed by atoms with van der Waals surface area (Å²) in [6.45, 7) is 8.70. The molecule has 3 nitrogen and oxygen atoms in total. The van der Waals surface area contributed by atoms with Gasteiger partial charge in [-0.3, -0.25) is 0 Å². The second kappa shape index (κ2) is 14.3. The Morgan fingerprint density at radius 3 is 1.85 bits per heavy atom. The third kappa shape index (κ3) is 7.38. The fourth-order valence-corrected chi connectivity index (χ4v) is 10.9. The third-order valence-corrected chi connectivity index (χ3v) is 14.0. The molecule has 0 fully saturated rings. The van der Waals surface area contributed by atoms with Crippen LogP contribution in [0.5, 0.6) is 0 Å². The number of aldehydes is 1. The molecule has 0 unspecified atom stereocenters. The van der Waals surface area contributed by atoms with Gasteiger partial charge in [0, 0.05) is 6.42 Å². The zero-order valence-corrected chi connectivity index (χ0v) is 26.3. The Morgan fingerprint density at radius 1 is 0.805 bits per heavy atom. The molecule has 41 heavy (non-hydrogen) atoms. The van der Waals surface area contributed by atoms with Crippen molar-refractivity contribution < 1.29 is 14.3 Å². The van der Waals surface area contributed by atoms with Crippen molar-refractivity contribution in [2.75, 3.05) is 0 Å². The van der Waals surface area contributed by atoms with Gasteiger partial charge in [-0.1, -0.05) is 140 Å². The molecule has 0 saturated heterocycles. The second-order valence-electron chi connectivity index (χ2n) is 10.9. The molecule has 0 heterocycles. The van der Waals surface area contributed by atoms with E-state index in [-0.39, 0.29) is 11.9 Å². The molecular weight excluding hydrogens is 539 g/mol. The standard InChI is InChI=1S/C36H39O3PSi/c1-5-35(41(3,4)31-21-13-8-14-22-31)33(27-28(2)25-26-37)39-36(38)32-23-15-16-24-34(32)40(29-17-9-6-10-18-29)30-19-11-7-12-20-30/h5-24,26,28,33H,25,27H2,1-4H3/b35-5-/t28-,33+/m1/s1. The molecule has 210 valence electrons. The minimum atomic E-state index is -2.17. The SMILES string of the molecule is C/C=C(/[C@H](C[C@H](C)CC=O)OC(=O)c1ccccc1P(c1ccccc1)c1ccccc1)[Si](C)(C)c1ccccc1. The summed E-state index contributed by atoms with van der Waals surface area (Å²) in [7, 11) is -3.15. The van der Waals surface area contributed by atoms with E-state index in [1.807, 2.05) is 67.6 Å². The fourth-order valence-electron chi connectivity index (χ4n) is 5.45. The van der Waals surface area contributed by atoms with Crippen LogP contribution in [0, 0.1) is 5.92 Å². The normalized spacial score (nSPS) is 13.4. The summed E-state index contributed by atoms with van der Waals surface area (Å²) in [6.07, 6.45) is 3.71. The molecule has 0 aliphatic rings. The lowest BCUT2D eigenvalue weighted by Gasteiger charge is -2.34. The highest BCUT2D eigenvalue weighted by atomic mass is 31.1. The van der Waals surface area contributed by atoms with Crippen molar-refractivity contribution in [2.45, 2.75) is 45.9 Å². The average Bonchev–Trinajstić information content (AvgIpc) is 2.99. The number of rotatable bonds is 12. The zero-order valence-electron chi connectivity index (χ0n) is 24.4. The van der Waals surface area contributed by atoms with Crippen molar-refractivity contribution in [2.24, 2.45) is 5.92 Å². The van der Waals surface area contributed by atoms with Crippen LogP contribution in [0.25, 0.3) is 0 Å². The molecule has 4 aromatic rings. The van der Waals surface area contributed by atoms with Crippen LogP contribution in [0.1, 0.15) is 37.0 Å². The first kappa shape index (κ1) is 30.4. The van der Waals surface area contributed by atoms with Crippen molar-refractivity contribution in [3.8, 4) is 0 Å². The minimum Gasteiger partial charge on any atom is -0.455 e. The summed E-state index contributed by atoms with van der Waals surface area (Å²) < 4.78 is 6.50. The van der Waals surface area contributed by atoms with E-state index in [0.29, 0.717) is 18.4 Å². The van der Waals surface area contributed by atoms with Gasteiger partial charge in [-0.05, 0) is 54.4 Å². The first-order valence-electron chi connectivity index (χ1n) is 14.2. The lowest BCUT2D eigenvalue weighted by atomic mass is 10.00. The Labute approximate surface area is 247 Å². The summed E-state index contributed by atoms with van der Waals surface area (Å²) in [5.74, 6) is -0.234. The summed E-state index contributed by atoms with van der Waals surface area (Å²) in [6, 6.07) is 39.1. The molecule has 0 amide bonds. The maximum absolute atomic E-state index is 14.2. The van der Waals surface area contributed by atoms with Gasteiger partial charge in [-0.15, -0.1) is 0 Å². The Morgan fingerprint density at radius 2 is 1.32 bits per heavy atom. The number of esters is 1. The van der Waals surface area contributed by atoms with Gasteiger partial charge >= 0.3 is 5.97 Å². The van der Waals surface area contributed by atoms with Gasteiger partial charge in [-0.25, -0.2) is 4.79 Å². The number of hydrogen-bond acceptors (Lipinski definition) is 3. The van der Waals surface area contributed by atoms with E-state index in [9.17, 15) is 9.59 Å². The number of benzene rings is 4. The minimum absolute atomic E-state index is 0.0850. The van der Waals surface area contributed by atoms with Crippen LogP contribution < -0.4 is 21.1 Å². The fraction of sp³-hybridized carbons (Fsp3) is 0.222. The van der Waals surface area contributed by atoms with Gasteiger partial charge in [0.1, 0.15) is 20.5 Å². The van der Waals surface area contributed by atoms with E-state index in [4.69, 9.17) is 4.74 Å². The number of carbonyl (C=O) groups excluding carboxylic acids is 2. The van der Waals surface area contributed by atoms with E-state index < -0.39 is 22.1 Å². The second-order valence-corrected chi connectivity index (χ2v) is 17.5. The van der Waals surface area contributed by atoms with Crippen LogP contribution >= 0.6 is 7.92 Å². The van der Waals surface area contributed by atoms with Gasteiger partial charge in [0.15, 0.2) is 0 Å². The number of hydrogen-bond donors (Lipinski definition) is 0. The van der Waals surface area contributed by atoms with Gasteiger partial charge in [0.2, 0.25) is 0 Å². The molecule has 0 saturated carbocycles. The van der Waals surface area contributed by atoms with Crippen LogP contribution in [0.4, 0.5) is 0 Å². The van der Waals surface area contributed by atoms with E-state index in [1.54, 1.807) is 0 Å². The molecule has 0 aliphatic carbocycles. The Kier molecular flexibility index (Phi) is 10.6. The first-order valence-corrected chi connectivity index (χ1v) is 18.6. The van der Waals surface area contributed by atoms with Crippen molar-refractivity contribution >= 4 is 49.4 Å². The van der Waals surface area contributed by atoms with Crippen molar-refractivity contribution in [1.29, 1.82) is 0 Å². The van der Waals surface area contributed by atoms with E-state index in [2.05, 4.69) is 80.7 Å². The monoisotopic (exact) mass is 578 g/mol. The smallest absolute Gasteiger partial charge is 0.339 e. The number of ether oxygens (including phenoxy) is 1. The molecule has 0 spiro atoms. The predicted molar refractivity (Wildman–Crippen MR) is 176 cm³/mol. The molecular formula is C36H39O3PSi. The zero-order chi connectivity index (χ0) is 29.2. The molecule has 0 aromatic heterocycles. The molecule has 0 radical (unpaired) electrons. The lowest BCUT2D eigenvalue weighted by Crippen LogP contribution is -2.48. The van der Waals surface area contributed by atoms with Crippen LogP contribution in [-0.4, -0.2) is 26.4 Å². The molecule has 4 rings (SSSR count). The summed E-state index contributed by atoms with van der Waals surface area (Å²) in [4.78, 5) is 25.5. The molecule has 0 bridgehead atoms. The van der Waals surface area contributed by atoms with Gasteiger partial charge in [-0.2, -0.15) is 0 Å². The third-order valence-electron chi connectivity index (χ3n) is 7.63. The Bertz CT molecular complexity index is 1410. The van der Waals surface area contributed by atoms with Gasteiger partial charge < -0.3 is 9.53 Å². The molecule has 2 atom stereocenters. The van der Waals surface area contributed by atoms with Crippen molar-refractivity contribution in [3.63, 3.8) is 0 Å². The highest BCUT2D eigenvalue weighted by molar-refractivity contribution is 7.80. The Balaban J connectivity index is 1.75. The number of carbonyl (C=O) groups is 2. The maximum Gasteiger partial charge on any atom is 0.339 e. The van der Waals surface area contributed by atoms with Gasteiger partial charge in [0.25, 0.3) is 0 Å². The largest absolute Gasteiger partial charge is 0.455 e. The van der Waals surface area contributed by atoms with E-state index in [0.717, 1.165) is 11.6 Å². The summed E-state index contributed by atoms with van der Waals surface area (Å²) in [5, 5.41) is 5.79. The topological polar surface area (TPSA) is 43.4 Å². The highest BCUT2D eigenvalue weighted by Crippen LogP contribution is 2.35. The maximum atomic E-state index is 14.2. The number of allylic oxidation sites excluding steroid dienone is 1. The highest BCUT2D eigenvalue weighted by Gasteiger charge is 2.36. The molecule has 5 heteroatoms. The lowest BCUT2D eigenvalue weighted by molar-refractivity contribution is -0.108. The summed E-state index contributed by atoms with van der Waals surface area (Å²) in [5.41, 5.74) is 0.592. The van der Waals surface area contributed by atoms with Gasteiger partial charge in [0.05, 0.1) is 5.56 Å². The van der Waals surface area contributed by atoms with Crippen molar-refractivity contribution in [3.05, 3.63) is 132 Å². The van der Waals surface area contributed by atoms with Crippen LogP contribution in [0.2, 0.25) is 13.1 Å². The molecule has 4 aromatic carbocycles. The van der Waals surface area contributed by atoms with Crippen molar-refractivity contribution in [1.82, 2.24) is 0 Å². The van der Waals surface area contributed by atoms with Crippen LogP contribution in [-0.2, 0) is 9.53 Å². The quantitative estimate of drug-likeness (QED) is 0.0815. The van der Waals surface area contributed by atoms with E-state index >= 15 is 0 Å². The first-order chi connectivity index (χ1) is 19.9. The van der Waals surface area contributed by atoms with Crippen LogP contribution in [0.3, 0.4) is 0 Å². The van der Waals surface area contributed by atoms with Crippen LogP contribution in [0.15, 0.2) is 127 Å². The summed E-state index contributed by atoms with van der Waals surface area (Å²) >= 11 is 0. The Hall–Kier alpha value is -3.59. The predicted octanol–water partition coefficient (Wildman–Crippen LogP) is 6.69. The average molecular weight is 579 g/mol. The molecule has 0 N–H and O–H groups in total. The van der Waals surface area contributed by atoms with E-state index in [1.165, 1.54) is 21.0 Å². The molecule has 0 aliphatic heterocycles.